The lowest BCUT2D eigenvalue weighted by molar-refractivity contribution is -0.161. The summed E-state index contributed by atoms with van der Waals surface area (Å²) in [6.45, 7) is 2.56. The number of hydrogen-bond donors (Lipinski definition) is 3. The lowest BCUT2D eigenvalue weighted by Crippen LogP contribution is -2.34. The van der Waals surface area contributed by atoms with Crippen LogP contribution in [0, 0.1) is 0 Å². The summed E-state index contributed by atoms with van der Waals surface area (Å²) < 4.78 is 32.5. The predicted molar refractivity (Wildman–Crippen MR) is 212 cm³/mol. The number of esters is 2. The Morgan fingerprint density at radius 3 is 1.66 bits per heavy atom. The molecule has 0 spiro atoms. The zero-order valence-electron chi connectivity index (χ0n) is 32.3. The third-order valence-corrected chi connectivity index (χ3v) is 8.64. The highest BCUT2D eigenvalue weighted by molar-refractivity contribution is 7.47. The molecule has 11 nitrogen and oxygen atoms in total. The minimum Gasteiger partial charge on any atom is -0.480 e. The molecule has 3 atom stereocenters. The third kappa shape index (κ3) is 35.7. The van der Waals surface area contributed by atoms with Gasteiger partial charge in [0.15, 0.2) is 6.10 Å². The molecule has 0 aliphatic heterocycles. The number of ether oxygens (including phenoxy) is 2. The van der Waals surface area contributed by atoms with Crippen LogP contribution >= 0.6 is 7.82 Å². The summed E-state index contributed by atoms with van der Waals surface area (Å²) in [5.74, 6) is -2.48. The molecule has 12 heteroatoms. The zero-order chi connectivity index (χ0) is 39.3. The lowest BCUT2D eigenvalue weighted by Gasteiger charge is -2.20. The van der Waals surface area contributed by atoms with Gasteiger partial charge in [-0.25, -0.2) is 4.57 Å². The van der Waals surface area contributed by atoms with E-state index >= 15 is 0 Å². The van der Waals surface area contributed by atoms with Gasteiger partial charge < -0.3 is 25.2 Å². The minimum absolute atomic E-state index is 0.135. The van der Waals surface area contributed by atoms with Gasteiger partial charge in [-0.05, 0) is 77.0 Å². The topological polar surface area (TPSA) is 172 Å². The first-order chi connectivity index (χ1) is 25.6. The molecule has 0 aromatic rings. The summed E-state index contributed by atoms with van der Waals surface area (Å²) in [6, 6.07) is -1.53. The highest BCUT2D eigenvalue weighted by atomic mass is 31.2. The molecule has 0 rings (SSSR count). The third-order valence-electron chi connectivity index (χ3n) is 7.69. The first-order valence-corrected chi connectivity index (χ1v) is 21.0. The van der Waals surface area contributed by atoms with Crippen LogP contribution in [0.4, 0.5) is 0 Å². The summed E-state index contributed by atoms with van der Waals surface area (Å²) in [7, 11) is -4.73. The van der Waals surface area contributed by atoms with Gasteiger partial charge in [0.2, 0.25) is 0 Å². The number of phosphoric ester groups is 1. The fourth-order valence-corrected chi connectivity index (χ4v) is 5.40. The van der Waals surface area contributed by atoms with Crippen molar-refractivity contribution in [2.45, 2.75) is 148 Å². The van der Waals surface area contributed by atoms with Gasteiger partial charge in [0, 0.05) is 12.8 Å². The standard InChI is InChI=1S/C41H68NO10P/c1-3-5-7-9-11-13-15-17-18-19-20-21-23-24-26-28-30-32-39(43)49-34-37(35-50-53(47,48)51-36-38(42)41(45)46)52-40(44)33-31-29-27-25-22-16-14-12-10-8-6-4-2/h5,7,11-14,17-18,20-21,24,26,37-38H,3-4,6,8-10,15-16,19,22-23,25,27-36,42H2,1-2H3,(H,45,46)(H,47,48)/b7-5+,13-11+,14-12+,18-17+,21-20+,26-24+/t37-,38+/m0/s1. The fraction of sp³-hybridized carbons (Fsp3) is 0.634. The van der Waals surface area contributed by atoms with E-state index in [0.29, 0.717) is 19.3 Å². The van der Waals surface area contributed by atoms with Crippen LogP contribution in [0.5, 0.6) is 0 Å². The van der Waals surface area contributed by atoms with Crippen LogP contribution in [-0.4, -0.2) is 59.9 Å². The second kappa shape index (κ2) is 35.9. The van der Waals surface area contributed by atoms with E-state index in [9.17, 15) is 23.8 Å². The minimum atomic E-state index is -4.73. The zero-order valence-corrected chi connectivity index (χ0v) is 33.2. The van der Waals surface area contributed by atoms with E-state index in [1.54, 1.807) is 0 Å². The highest BCUT2D eigenvalue weighted by Crippen LogP contribution is 2.43. The van der Waals surface area contributed by atoms with E-state index in [1.165, 1.54) is 19.3 Å². The Morgan fingerprint density at radius 1 is 0.604 bits per heavy atom. The summed E-state index contributed by atoms with van der Waals surface area (Å²) in [5, 5.41) is 8.86. The Hall–Kier alpha value is -3.08. The summed E-state index contributed by atoms with van der Waals surface area (Å²) >= 11 is 0. The van der Waals surface area contributed by atoms with Crippen LogP contribution in [-0.2, 0) is 37.5 Å². The quantitative estimate of drug-likeness (QED) is 0.0243. The smallest absolute Gasteiger partial charge is 0.472 e. The van der Waals surface area contributed by atoms with Crippen LogP contribution in [0.3, 0.4) is 0 Å². The van der Waals surface area contributed by atoms with E-state index < -0.39 is 51.1 Å². The summed E-state index contributed by atoms with van der Waals surface area (Å²) in [4.78, 5) is 45.7. The number of carboxylic acids is 1. The second-order valence-electron chi connectivity index (χ2n) is 12.7. The fourth-order valence-electron chi connectivity index (χ4n) is 4.62. The van der Waals surface area contributed by atoms with E-state index in [-0.39, 0.29) is 19.4 Å². The SMILES string of the molecule is CC/C=C/C/C=C/C/C=C/C/C=C/C/C=C/CCCC(=O)OC[C@@H](COP(=O)(O)OC[C@@H](N)C(=O)O)OC(=O)CCCCCCC/C=C/CCCCC. The van der Waals surface area contributed by atoms with Crippen molar-refractivity contribution >= 4 is 25.7 Å². The average molecular weight is 766 g/mol. The van der Waals surface area contributed by atoms with E-state index in [1.807, 2.05) is 12.2 Å². The molecule has 0 aliphatic rings. The number of phosphoric acid groups is 1. The summed E-state index contributed by atoms with van der Waals surface area (Å²) in [6.07, 6.45) is 41.2. The van der Waals surface area contributed by atoms with Gasteiger partial charge in [-0.3, -0.25) is 23.4 Å². The molecule has 0 amide bonds. The number of carbonyl (C=O) groups is 3. The number of unbranched alkanes of at least 4 members (excludes halogenated alkanes) is 9. The second-order valence-corrected chi connectivity index (χ2v) is 14.1. The largest absolute Gasteiger partial charge is 0.480 e. The van der Waals surface area contributed by atoms with Gasteiger partial charge in [0.05, 0.1) is 13.2 Å². The van der Waals surface area contributed by atoms with Crippen LogP contribution in [0.15, 0.2) is 72.9 Å². The van der Waals surface area contributed by atoms with Gasteiger partial charge in [0.1, 0.15) is 12.6 Å². The molecule has 0 bridgehead atoms. The number of rotatable bonds is 35. The molecule has 0 heterocycles. The van der Waals surface area contributed by atoms with Crippen LogP contribution in [0.25, 0.3) is 0 Å². The molecule has 302 valence electrons. The molecule has 4 N–H and O–H groups in total. The van der Waals surface area contributed by atoms with Gasteiger partial charge in [0.25, 0.3) is 0 Å². The van der Waals surface area contributed by atoms with Crippen LogP contribution < -0.4 is 5.73 Å². The van der Waals surface area contributed by atoms with Crippen molar-refractivity contribution in [1.82, 2.24) is 0 Å². The Kier molecular flexibility index (Phi) is 33.8. The molecule has 0 aliphatic carbocycles. The Bertz CT molecular complexity index is 1180. The molecule has 1 unspecified atom stereocenters. The molecule has 0 radical (unpaired) electrons. The van der Waals surface area contributed by atoms with Crippen molar-refractivity contribution in [3.05, 3.63) is 72.9 Å². The number of allylic oxidation sites excluding steroid dienone is 12. The normalized spacial score (nSPS) is 14.6. The van der Waals surface area contributed by atoms with E-state index in [4.69, 9.17) is 24.8 Å². The number of carboxylic acid groups (broad SMARTS) is 1. The monoisotopic (exact) mass is 765 g/mol. The molecule has 0 aromatic carbocycles. The maximum atomic E-state index is 12.5. The van der Waals surface area contributed by atoms with E-state index in [2.05, 4.69) is 79.1 Å². The van der Waals surface area contributed by atoms with Crippen molar-refractivity contribution in [3.8, 4) is 0 Å². The maximum absolute atomic E-state index is 12.5. The number of carbonyl (C=O) groups excluding carboxylic acids is 2. The Morgan fingerprint density at radius 2 is 1.08 bits per heavy atom. The number of aliphatic carboxylic acids is 1. The predicted octanol–water partition coefficient (Wildman–Crippen LogP) is 9.78. The van der Waals surface area contributed by atoms with Crippen molar-refractivity contribution < 1.29 is 47.5 Å². The maximum Gasteiger partial charge on any atom is 0.472 e. The Balaban J connectivity index is 4.55. The highest BCUT2D eigenvalue weighted by Gasteiger charge is 2.28. The molecular weight excluding hydrogens is 697 g/mol. The van der Waals surface area contributed by atoms with Crippen molar-refractivity contribution in [3.63, 3.8) is 0 Å². The van der Waals surface area contributed by atoms with Crippen LogP contribution in [0.2, 0.25) is 0 Å². The van der Waals surface area contributed by atoms with Gasteiger partial charge in [-0.2, -0.15) is 0 Å². The molecule has 53 heavy (non-hydrogen) atoms. The molecule has 0 saturated carbocycles. The first-order valence-electron chi connectivity index (χ1n) is 19.5. The van der Waals surface area contributed by atoms with Crippen molar-refractivity contribution in [2.24, 2.45) is 5.73 Å². The number of nitrogens with two attached hydrogens (primary N) is 1. The van der Waals surface area contributed by atoms with Crippen LogP contribution in [0.1, 0.15) is 136 Å². The van der Waals surface area contributed by atoms with Gasteiger partial charge in [-0.15, -0.1) is 0 Å². The van der Waals surface area contributed by atoms with Gasteiger partial charge in [-0.1, -0.05) is 119 Å². The van der Waals surface area contributed by atoms with Crippen molar-refractivity contribution in [1.29, 1.82) is 0 Å². The molecule has 0 saturated heterocycles. The van der Waals surface area contributed by atoms with Crippen molar-refractivity contribution in [2.75, 3.05) is 19.8 Å². The molecule has 0 fully saturated rings. The lowest BCUT2D eigenvalue weighted by atomic mass is 10.1. The number of hydrogen-bond acceptors (Lipinski definition) is 9. The average Bonchev–Trinajstić information content (AvgIpc) is 3.13. The Labute approximate surface area is 319 Å². The van der Waals surface area contributed by atoms with Gasteiger partial charge >= 0.3 is 25.7 Å². The molecular formula is C41H68NO10P. The van der Waals surface area contributed by atoms with E-state index in [0.717, 1.165) is 70.6 Å². The first kappa shape index (κ1) is 49.9. The summed E-state index contributed by atoms with van der Waals surface area (Å²) in [5.41, 5.74) is 5.31. The molecule has 0 aromatic heterocycles.